The number of amides is 1. The van der Waals surface area contributed by atoms with Crippen LogP contribution in [0.15, 0.2) is 90.0 Å². The average molecular weight is 670 g/mol. The Morgan fingerprint density at radius 1 is 0.959 bits per heavy atom. The molecule has 0 radical (unpaired) electrons. The molecule has 6 rings (SSSR count). The van der Waals surface area contributed by atoms with E-state index in [0.717, 1.165) is 16.7 Å². The topological polar surface area (TPSA) is 159 Å². The van der Waals surface area contributed by atoms with Crippen molar-refractivity contribution in [1.29, 1.82) is 0 Å². The van der Waals surface area contributed by atoms with Crippen LogP contribution in [0.2, 0.25) is 0 Å². The number of carbonyl (C=O) groups is 1. The highest BCUT2D eigenvalue weighted by molar-refractivity contribution is 5.91. The van der Waals surface area contributed by atoms with Gasteiger partial charge in [0.05, 0.1) is 27.2 Å². The van der Waals surface area contributed by atoms with Crippen molar-refractivity contribution in [2.45, 2.75) is 44.0 Å². The Hall–Kier alpha value is -5.08. The summed E-state index contributed by atoms with van der Waals surface area (Å²) < 4.78 is 31.6. The molecule has 2 aromatic heterocycles. The van der Waals surface area contributed by atoms with Crippen LogP contribution in [0.25, 0.3) is 11.2 Å². The molecule has 1 amide bonds. The lowest BCUT2D eigenvalue weighted by atomic mass is 9.80. The molecule has 1 aliphatic heterocycles. The Balaban J connectivity index is 1.38. The SMILES string of the molecule is COc1ccc(C(OC[C@H]2O[C@@H](n3cnc4c(=O)[nH]c(NC(=O)C(C)C)nc43)[C@H](O)[C@@H]2OC)(c2ccccc2)c2ccc(OC)cc2)cc1. The first-order chi connectivity index (χ1) is 23.7. The van der Waals surface area contributed by atoms with Gasteiger partial charge < -0.3 is 28.8 Å². The van der Waals surface area contributed by atoms with E-state index in [0.29, 0.717) is 11.5 Å². The standard InChI is InChI=1S/C36H39N5O8/c1-21(2)32(43)39-35-38-31-28(33(44)40-35)37-20-41(31)34-29(42)30(47-5)27(49-34)19-48-36(22-9-7-6-8-10-22,23-11-15-25(45-3)16-12-23)24-13-17-26(46-4)18-14-24/h6-18,20-21,27,29-30,34,42H,19H2,1-5H3,(H2,38,39,40,43,44)/t27-,29-,30-,34-/m1/s1. The highest BCUT2D eigenvalue weighted by Crippen LogP contribution is 2.43. The Kier molecular flexibility index (Phi) is 9.79. The van der Waals surface area contributed by atoms with Gasteiger partial charge in [-0.1, -0.05) is 68.4 Å². The van der Waals surface area contributed by atoms with Gasteiger partial charge in [0.15, 0.2) is 17.4 Å². The second-order valence-corrected chi connectivity index (χ2v) is 12.0. The number of rotatable bonds is 12. The number of aliphatic hydroxyl groups is 1. The molecule has 1 aliphatic rings. The third-order valence-corrected chi connectivity index (χ3v) is 8.69. The van der Waals surface area contributed by atoms with Gasteiger partial charge in [0.1, 0.15) is 35.4 Å². The van der Waals surface area contributed by atoms with Crippen LogP contribution < -0.4 is 20.3 Å². The fourth-order valence-electron chi connectivity index (χ4n) is 6.09. The van der Waals surface area contributed by atoms with Gasteiger partial charge in [-0.15, -0.1) is 0 Å². The number of H-pyrrole nitrogens is 1. The maximum absolute atomic E-state index is 12.9. The van der Waals surface area contributed by atoms with Crippen LogP contribution >= 0.6 is 0 Å². The minimum Gasteiger partial charge on any atom is -0.497 e. The summed E-state index contributed by atoms with van der Waals surface area (Å²) in [6.45, 7) is 3.43. The van der Waals surface area contributed by atoms with Crippen LogP contribution in [0, 0.1) is 5.92 Å². The van der Waals surface area contributed by atoms with Crippen LogP contribution in [-0.2, 0) is 24.6 Å². The van der Waals surface area contributed by atoms with E-state index in [-0.39, 0.29) is 35.5 Å². The molecule has 4 atom stereocenters. The first-order valence-electron chi connectivity index (χ1n) is 15.8. The van der Waals surface area contributed by atoms with Crippen LogP contribution in [0.4, 0.5) is 5.95 Å². The minimum absolute atomic E-state index is 0.0185. The van der Waals surface area contributed by atoms with Gasteiger partial charge in [-0.25, -0.2) is 4.98 Å². The number of carbonyl (C=O) groups excluding carboxylic acids is 1. The van der Waals surface area contributed by atoms with Gasteiger partial charge in [0.2, 0.25) is 11.9 Å². The number of benzene rings is 3. The van der Waals surface area contributed by atoms with E-state index in [1.54, 1.807) is 28.1 Å². The number of ether oxygens (including phenoxy) is 5. The molecule has 1 fully saturated rings. The monoisotopic (exact) mass is 669 g/mol. The third kappa shape index (κ3) is 6.41. The van der Waals surface area contributed by atoms with E-state index in [2.05, 4.69) is 20.3 Å². The molecule has 3 heterocycles. The summed E-state index contributed by atoms with van der Waals surface area (Å²) in [7, 11) is 4.71. The minimum atomic E-state index is -1.20. The van der Waals surface area contributed by atoms with E-state index in [1.807, 2.05) is 78.9 Å². The second-order valence-electron chi connectivity index (χ2n) is 12.0. The normalized spacial score (nSPS) is 19.3. The summed E-state index contributed by atoms with van der Waals surface area (Å²) in [5, 5.41) is 14.1. The number of aromatic nitrogens is 4. The molecule has 0 unspecified atom stereocenters. The van der Waals surface area contributed by atoms with E-state index < -0.39 is 35.7 Å². The van der Waals surface area contributed by atoms with Crippen LogP contribution in [0.3, 0.4) is 0 Å². The summed E-state index contributed by atoms with van der Waals surface area (Å²) in [6.07, 6.45) is -2.47. The number of hydrogen-bond donors (Lipinski definition) is 3. The third-order valence-electron chi connectivity index (χ3n) is 8.69. The largest absolute Gasteiger partial charge is 0.497 e. The number of methoxy groups -OCH3 is 3. The van der Waals surface area contributed by atoms with E-state index in [4.69, 9.17) is 23.7 Å². The van der Waals surface area contributed by atoms with E-state index in [1.165, 1.54) is 18.0 Å². The van der Waals surface area contributed by atoms with Crippen molar-refractivity contribution >= 4 is 23.0 Å². The first kappa shape index (κ1) is 33.8. The Morgan fingerprint density at radius 2 is 1.55 bits per heavy atom. The number of imidazole rings is 1. The lowest BCUT2D eigenvalue weighted by Gasteiger charge is -2.37. The lowest BCUT2D eigenvalue weighted by molar-refractivity contribution is -0.118. The predicted octanol–water partition coefficient (Wildman–Crippen LogP) is 4.01. The van der Waals surface area contributed by atoms with Crippen molar-refractivity contribution in [2.24, 2.45) is 5.92 Å². The molecular formula is C36H39N5O8. The van der Waals surface area contributed by atoms with Gasteiger partial charge in [-0.2, -0.15) is 4.98 Å². The molecule has 13 heteroatoms. The number of nitrogens with zero attached hydrogens (tertiary/aromatic N) is 3. The Labute approximate surface area is 282 Å². The quantitative estimate of drug-likeness (QED) is 0.166. The number of aromatic amines is 1. The molecule has 0 saturated carbocycles. The maximum atomic E-state index is 12.9. The zero-order chi connectivity index (χ0) is 34.7. The maximum Gasteiger partial charge on any atom is 0.280 e. The first-order valence-corrected chi connectivity index (χ1v) is 15.8. The van der Waals surface area contributed by atoms with Crippen molar-refractivity contribution in [3.05, 3.63) is 112 Å². The summed E-state index contributed by atoms with van der Waals surface area (Å²) in [6, 6.07) is 25.1. The molecule has 13 nitrogen and oxygen atoms in total. The van der Waals surface area contributed by atoms with Gasteiger partial charge in [-0.3, -0.25) is 24.5 Å². The van der Waals surface area contributed by atoms with Crippen LogP contribution in [0.5, 0.6) is 11.5 Å². The van der Waals surface area contributed by atoms with E-state index in [9.17, 15) is 14.7 Å². The van der Waals surface area contributed by atoms with Gasteiger partial charge in [-0.05, 0) is 41.0 Å². The fourth-order valence-corrected chi connectivity index (χ4v) is 6.09. The summed E-state index contributed by atoms with van der Waals surface area (Å²) in [5.41, 5.74) is 0.972. The summed E-state index contributed by atoms with van der Waals surface area (Å²) >= 11 is 0. The van der Waals surface area contributed by atoms with Crippen molar-refractivity contribution in [2.75, 3.05) is 33.3 Å². The molecule has 256 valence electrons. The number of hydrogen-bond acceptors (Lipinski definition) is 10. The van der Waals surface area contributed by atoms with E-state index >= 15 is 0 Å². The molecule has 3 aromatic carbocycles. The molecule has 0 aliphatic carbocycles. The molecule has 5 aromatic rings. The molecule has 49 heavy (non-hydrogen) atoms. The van der Waals surface area contributed by atoms with Crippen LogP contribution in [-0.4, -0.2) is 76.8 Å². The zero-order valence-corrected chi connectivity index (χ0v) is 27.8. The summed E-state index contributed by atoms with van der Waals surface area (Å²) in [4.78, 5) is 36.4. The Morgan fingerprint density at radius 3 is 2.10 bits per heavy atom. The molecular weight excluding hydrogens is 630 g/mol. The van der Waals surface area contributed by atoms with Crippen molar-refractivity contribution in [3.63, 3.8) is 0 Å². The van der Waals surface area contributed by atoms with Crippen LogP contribution in [0.1, 0.15) is 36.8 Å². The number of aliphatic hydroxyl groups excluding tert-OH is 1. The lowest BCUT2D eigenvalue weighted by Crippen LogP contribution is -2.40. The summed E-state index contributed by atoms with van der Waals surface area (Å²) in [5.74, 6) is 0.681. The molecule has 0 bridgehead atoms. The number of fused-ring (bicyclic) bond motifs is 1. The van der Waals surface area contributed by atoms with Gasteiger partial charge >= 0.3 is 0 Å². The van der Waals surface area contributed by atoms with Crippen molar-refractivity contribution in [1.82, 2.24) is 19.5 Å². The zero-order valence-electron chi connectivity index (χ0n) is 27.8. The average Bonchev–Trinajstić information content (AvgIpc) is 3.69. The predicted molar refractivity (Wildman–Crippen MR) is 181 cm³/mol. The fraction of sp³-hybridized carbons (Fsp3) is 0.333. The van der Waals surface area contributed by atoms with Crippen molar-refractivity contribution in [3.8, 4) is 11.5 Å². The van der Waals surface area contributed by atoms with Gasteiger partial charge in [0, 0.05) is 13.0 Å². The highest BCUT2D eigenvalue weighted by atomic mass is 16.6. The van der Waals surface area contributed by atoms with Crippen molar-refractivity contribution < 1.29 is 33.6 Å². The number of nitrogens with one attached hydrogen (secondary N) is 2. The number of anilines is 1. The molecule has 3 N–H and O–H groups in total. The smallest absolute Gasteiger partial charge is 0.280 e. The second kappa shape index (κ2) is 14.2. The Bertz CT molecular complexity index is 1900. The molecule has 0 spiro atoms. The highest BCUT2D eigenvalue weighted by Gasteiger charge is 2.48. The van der Waals surface area contributed by atoms with Gasteiger partial charge in [0.25, 0.3) is 5.56 Å². The molecule has 1 saturated heterocycles.